The van der Waals surface area contributed by atoms with Crippen LogP contribution in [0.3, 0.4) is 0 Å². The van der Waals surface area contributed by atoms with Crippen LogP contribution in [-0.2, 0) is 14.3 Å². The first-order chi connectivity index (χ1) is 9.67. The van der Waals surface area contributed by atoms with E-state index in [1.54, 1.807) is 7.11 Å². The topological polar surface area (TPSA) is 52.6 Å². The van der Waals surface area contributed by atoms with Gasteiger partial charge < -0.3 is 9.47 Å². The minimum atomic E-state index is -0.287. The molecule has 1 heterocycles. The standard InChI is InChI=1S/C16H16O4/c1-19-12-5-2-10(3-6-12)8-14-13-9-11(17)4-7-15(13)20-16(14)18/h2-3,5-6,8,13,15H,4,7,9H2,1H3/b14-8-/t13-,15-/m1/s1. The summed E-state index contributed by atoms with van der Waals surface area (Å²) in [6.45, 7) is 0. The summed E-state index contributed by atoms with van der Waals surface area (Å²) in [5.41, 5.74) is 1.53. The minimum Gasteiger partial charge on any atom is -0.497 e. The number of ether oxygens (including phenoxy) is 2. The van der Waals surface area contributed by atoms with Crippen LogP contribution in [-0.4, -0.2) is 25.0 Å². The lowest BCUT2D eigenvalue weighted by Gasteiger charge is -2.21. The number of methoxy groups -OCH3 is 1. The molecule has 4 nitrogen and oxygen atoms in total. The number of esters is 1. The molecule has 0 radical (unpaired) electrons. The second-order valence-corrected chi connectivity index (χ2v) is 5.20. The predicted octanol–water partition coefficient (Wildman–Crippen LogP) is 2.37. The van der Waals surface area contributed by atoms with Crippen LogP contribution < -0.4 is 4.74 Å². The van der Waals surface area contributed by atoms with Gasteiger partial charge in [-0.15, -0.1) is 0 Å². The third-order valence-corrected chi connectivity index (χ3v) is 3.94. The molecule has 1 aromatic carbocycles. The maximum absolute atomic E-state index is 11.9. The lowest BCUT2D eigenvalue weighted by atomic mass is 9.82. The summed E-state index contributed by atoms with van der Waals surface area (Å²) in [7, 11) is 1.61. The Bertz CT molecular complexity index is 571. The molecule has 0 aromatic heterocycles. The Morgan fingerprint density at radius 1 is 1.25 bits per heavy atom. The lowest BCUT2D eigenvalue weighted by molar-refractivity contribution is -0.141. The molecular formula is C16H16O4. The Labute approximate surface area is 117 Å². The normalized spacial score (nSPS) is 27.4. The van der Waals surface area contributed by atoms with Crippen molar-refractivity contribution in [3.8, 4) is 5.75 Å². The monoisotopic (exact) mass is 272 g/mol. The third kappa shape index (κ3) is 2.33. The van der Waals surface area contributed by atoms with E-state index in [1.165, 1.54) is 0 Å². The van der Waals surface area contributed by atoms with Crippen molar-refractivity contribution < 1.29 is 19.1 Å². The molecule has 3 rings (SSSR count). The van der Waals surface area contributed by atoms with E-state index in [-0.39, 0.29) is 23.8 Å². The Balaban J connectivity index is 1.88. The van der Waals surface area contributed by atoms with Crippen molar-refractivity contribution in [3.63, 3.8) is 0 Å². The molecule has 1 saturated heterocycles. The van der Waals surface area contributed by atoms with Gasteiger partial charge in [0.05, 0.1) is 7.11 Å². The maximum atomic E-state index is 11.9. The van der Waals surface area contributed by atoms with Gasteiger partial charge in [0.15, 0.2) is 0 Å². The minimum absolute atomic E-state index is 0.0779. The number of fused-ring (bicyclic) bond motifs is 1. The lowest BCUT2D eigenvalue weighted by Crippen LogP contribution is -2.26. The molecule has 20 heavy (non-hydrogen) atoms. The van der Waals surface area contributed by atoms with Crippen LogP contribution in [0.5, 0.6) is 5.75 Å². The second-order valence-electron chi connectivity index (χ2n) is 5.20. The van der Waals surface area contributed by atoms with Gasteiger partial charge in [0.1, 0.15) is 17.6 Å². The number of carbonyl (C=O) groups is 2. The molecular weight excluding hydrogens is 256 g/mol. The molecule has 1 aromatic rings. The van der Waals surface area contributed by atoms with Crippen LogP contribution in [0.2, 0.25) is 0 Å². The van der Waals surface area contributed by atoms with Crippen LogP contribution >= 0.6 is 0 Å². The van der Waals surface area contributed by atoms with Gasteiger partial charge in [0.25, 0.3) is 0 Å². The van der Waals surface area contributed by atoms with Crippen LogP contribution in [0.25, 0.3) is 6.08 Å². The van der Waals surface area contributed by atoms with Crippen molar-refractivity contribution in [2.45, 2.75) is 25.4 Å². The highest BCUT2D eigenvalue weighted by atomic mass is 16.6. The Hall–Kier alpha value is -2.10. The van der Waals surface area contributed by atoms with Gasteiger partial charge in [0, 0.05) is 24.3 Å². The summed E-state index contributed by atoms with van der Waals surface area (Å²) in [6.07, 6.45) is 3.28. The van der Waals surface area contributed by atoms with Crippen molar-refractivity contribution in [2.24, 2.45) is 5.92 Å². The SMILES string of the molecule is COc1ccc(/C=C2\C(=O)O[C@@H]3CCC(=O)C[C@H]23)cc1. The molecule has 0 amide bonds. The number of carbonyl (C=O) groups excluding carboxylic acids is 2. The van der Waals surface area contributed by atoms with Gasteiger partial charge in [-0.25, -0.2) is 4.79 Å². The molecule has 104 valence electrons. The van der Waals surface area contributed by atoms with Crippen LogP contribution in [0, 0.1) is 5.92 Å². The highest BCUT2D eigenvalue weighted by Gasteiger charge is 2.43. The Morgan fingerprint density at radius 2 is 2.00 bits per heavy atom. The zero-order valence-electron chi connectivity index (χ0n) is 11.3. The molecule has 0 N–H and O–H groups in total. The molecule has 1 aliphatic carbocycles. The smallest absolute Gasteiger partial charge is 0.334 e. The van der Waals surface area contributed by atoms with Crippen molar-refractivity contribution >= 4 is 17.8 Å². The average molecular weight is 272 g/mol. The van der Waals surface area contributed by atoms with E-state index in [4.69, 9.17) is 9.47 Å². The summed E-state index contributed by atoms with van der Waals surface area (Å²) < 4.78 is 10.5. The van der Waals surface area contributed by atoms with E-state index in [0.29, 0.717) is 24.8 Å². The number of Topliss-reactive ketones (excluding diaryl/α,β-unsaturated/α-hetero) is 1. The molecule has 1 aliphatic heterocycles. The maximum Gasteiger partial charge on any atom is 0.334 e. The molecule has 0 bridgehead atoms. The molecule has 0 spiro atoms. The van der Waals surface area contributed by atoms with Gasteiger partial charge in [0.2, 0.25) is 0 Å². The van der Waals surface area contributed by atoms with Gasteiger partial charge in [-0.2, -0.15) is 0 Å². The first-order valence-electron chi connectivity index (χ1n) is 6.75. The zero-order chi connectivity index (χ0) is 14.1. The van der Waals surface area contributed by atoms with E-state index in [2.05, 4.69) is 0 Å². The van der Waals surface area contributed by atoms with Crippen LogP contribution in [0.4, 0.5) is 0 Å². The van der Waals surface area contributed by atoms with Gasteiger partial charge >= 0.3 is 5.97 Å². The van der Waals surface area contributed by atoms with Gasteiger partial charge in [-0.3, -0.25) is 4.79 Å². The fourth-order valence-electron chi connectivity index (χ4n) is 2.84. The van der Waals surface area contributed by atoms with E-state index in [9.17, 15) is 9.59 Å². The van der Waals surface area contributed by atoms with Crippen molar-refractivity contribution in [1.82, 2.24) is 0 Å². The number of benzene rings is 1. The van der Waals surface area contributed by atoms with E-state index >= 15 is 0 Å². The van der Waals surface area contributed by atoms with Crippen LogP contribution in [0.15, 0.2) is 29.8 Å². The first-order valence-corrected chi connectivity index (χ1v) is 6.75. The highest BCUT2D eigenvalue weighted by Crippen LogP contribution is 2.38. The van der Waals surface area contributed by atoms with E-state index in [1.807, 2.05) is 30.3 Å². The fourth-order valence-corrected chi connectivity index (χ4v) is 2.84. The average Bonchev–Trinajstić information content (AvgIpc) is 2.76. The molecule has 0 unspecified atom stereocenters. The van der Waals surface area contributed by atoms with E-state index < -0.39 is 0 Å². The molecule has 1 saturated carbocycles. The molecule has 2 aliphatic rings. The molecule has 2 atom stereocenters. The largest absolute Gasteiger partial charge is 0.497 e. The van der Waals surface area contributed by atoms with Crippen molar-refractivity contribution in [2.75, 3.05) is 7.11 Å². The predicted molar refractivity (Wildman–Crippen MR) is 73.2 cm³/mol. The third-order valence-electron chi connectivity index (χ3n) is 3.94. The van der Waals surface area contributed by atoms with Gasteiger partial charge in [-0.05, 0) is 30.2 Å². The number of rotatable bonds is 2. The summed E-state index contributed by atoms with van der Waals surface area (Å²) in [5.74, 6) is 0.619. The van der Waals surface area contributed by atoms with Crippen molar-refractivity contribution in [3.05, 3.63) is 35.4 Å². The molecule has 4 heteroatoms. The van der Waals surface area contributed by atoms with Crippen LogP contribution in [0.1, 0.15) is 24.8 Å². The summed E-state index contributed by atoms with van der Waals surface area (Å²) >= 11 is 0. The molecule has 2 fully saturated rings. The number of hydrogen-bond donors (Lipinski definition) is 0. The second kappa shape index (κ2) is 5.12. The summed E-state index contributed by atoms with van der Waals surface area (Å²) in [6, 6.07) is 7.46. The highest BCUT2D eigenvalue weighted by molar-refractivity contribution is 5.98. The van der Waals surface area contributed by atoms with Gasteiger partial charge in [-0.1, -0.05) is 12.1 Å². The summed E-state index contributed by atoms with van der Waals surface area (Å²) in [4.78, 5) is 23.5. The first kappa shape index (κ1) is 12.9. The summed E-state index contributed by atoms with van der Waals surface area (Å²) in [5, 5.41) is 0. The zero-order valence-corrected chi connectivity index (χ0v) is 11.3. The number of hydrogen-bond acceptors (Lipinski definition) is 4. The van der Waals surface area contributed by atoms with E-state index in [0.717, 1.165) is 11.3 Å². The quantitative estimate of drug-likeness (QED) is 0.612. The Kier molecular flexibility index (Phi) is 3.30. The Morgan fingerprint density at radius 3 is 2.70 bits per heavy atom. The fraction of sp³-hybridized carbons (Fsp3) is 0.375. The number of ketones is 1. The van der Waals surface area contributed by atoms with Crippen molar-refractivity contribution in [1.29, 1.82) is 0 Å².